The van der Waals surface area contributed by atoms with Crippen LogP contribution in [0.25, 0.3) is 0 Å². The van der Waals surface area contributed by atoms with Crippen LogP contribution >= 0.6 is 0 Å². The molecule has 0 saturated carbocycles. The summed E-state index contributed by atoms with van der Waals surface area (Å²) in [6.45, 7) is 6.23. The van der Waals surface area contributed by atoms with Crippen LogP contribution in [0.15, 0.2) is 12.5 Å². The van der Waals surface area contributed by atoms with Gasteiger partial charge in [0.25, 0.3) is 0 Å². The van der Waals surface area contributed by atoms with Crippen molar-refractivity contribution in [3.8, 4) is 0 Å². The fourth-order valence-corrected chi connectivity index (χ4v) is 1.95. The Morgan fingerprint density at radius 1 is 1.59 bits per heavy atom. The second-order valence-electron chi connectivity index (χ2n) is 4.26. The fraction of sp³-hybridized carbons (Fsp3) is 0.636. The molecule has 0 aromatic carbocycles. The van der Waals surface area contributed by atoms with Gasteiger partial charge in [0.15, 0.2) is 0 Å². The number of aromatic nitrogens is 2. The normalized spacial score (nSPS) is 18.9. The number of amides is 1. The summed E-state index contributed by atoms with van der Waals surface area (Å²) in [6, 6.07) is -0.0694. The quantitative estimate of drug-likeness (QED) is 0.649. The first-order valence-electron chi connectivity index (χ1n) is 5.97. The largest absolute Gasteiger partial charge is 0.349 e. The van der Waals surface area contributed by atoms with Crippen molar-refractivity contribution in [3.05, 3.63) is 18.2 Å². The average Bonchev–Trinajstić information content (AvgIpc) is 2.89. The number of hydrogen-bond acceptors (Lipinski definition) is 4. The molecule has 94 valence electrons. The van der Waals surface area contributed by atoms with Crippen molar-refractivity contribution in [2.75, 3.05) is 26.2 Å². The van der Waals surface area contributed by atoms with Crippen molar-refractivity contribution in [1.29, 1.82) is 0 Å². The summed E-state index contributed by atoms with van der Waals surface area (Å²) in [6.07, 6.45) is 3.33. The minimum absolute atomic E-state index is 0.0694. The SMILES string of the molecule is CC(C(=O)NCc1cnc[nH]1)N1CCNCC1. The summed E-state index contributed by atoms with van der Waals surface area (Å²) in [5.41, 5.74) is 0.922. The fourth-order valence-electron chi connectivity index (χ4n) is 1.95. The smallest absolute Gasteiger partial charge is 0.237 e. The number of imidazole rings is 1. The topological polar surface area (TPSA) is 73.0 Å². The van der Waals surface area contributed by atoms with Crippen molar-refractivity contribution in [1.82, 2.24) is 25.5 Å². The molecule has 6 nitrogen and oxygen atoms in total. The zero-order valence-corrected chi connectivity index (χ0v) is 10.1. The molecule has 2 heterocycles. The minimum Gasteiger partial charge on any atom is -0.349 e. The summed E-state index contributed by atoms with van der Waals surface area (Å²) in [5, 5.41) is 6.19. The molecular weight excluding hydrogens is 218 g/mol. The van der Waals surface area contributed by atoms with Crippen LogP contribution in [0.5, 0.6) is 0 Å². The van der Waals surface area contributed by atoms with Crippen LogP contribution in [0.4, 0.5) is 0 Å². The van der Waals surface area contributed by atoms with E-state index in [4.69, 9.17) is 0 Å². The number of hydrogen-bond donors (Lipinski definition) is 3. The molecule has 6 heteroatoms. The van der Waals surface area contributed by atoms with E-state index in [9.17, 15) is 4.79 Å². The maximum Gasteiger partial charge on any atom is 0.237 e. The lowest BCUT2D eigenvalue weighted by atomic mass is 10.2. The molecule has 1 aliphatic rings. The second-order valence-corrected chi connectivity index (χ2v) is 4.26. The Labute approximate surface area is 101 Å². The van der Waals surface area contributed by atoms with E-state index in [2.05, 4.69) is 25.5 Å². The summed E-state index contributed by atoms with van der Waals surface area (Å²) < 4.78 is 0. The van der Waals surface area contributed by atoms with Crippen molar-refractivity contribution in [3.63, 3.8) is 0 Å². The highest BCUT2D eigenvalue weighted by molar-refractivity contribution is 5.81. The molecule has 1 atom stereocenters. The molecule has 0 aliphatic carbocycles. The van der Waals surface area contributed by atoms with Crippen LogP contribution in [0, 0.1) is 0 Å². The van der Waals surface area contributed by atoms with E-state index in [1.807, 2.05) is 6.92 Å². The van der Waals surface area contributed by atoms with Gasteiger partial charge in [-0.05, 0) is 6.92 Å². The zero-order valence-electron chi connectivity index (χ0n) is 10.1. The molecular formula is C11H19N5O. The van der Waals surface area contributed by atoms with Crippen molar-refractivity contribution < 1.29 is 4.79 Å². The molecule has 1 saturated heterocycles. The van der Waals surface area contributed by atoms with E-state index in [1.165, 1.54) is 0 Å². The van der Waals surface area contributed by atoms with Gasteiger partial charge in [0.1, 0.15) is 0 Å². The van der Waals surface area contributed by atoms with Gasteiger partial charge in [0, 0.05) is 32.4 Å². The molecule has 17 heavy (non-hydrogen) atoms. The van der Waals surface area contributed by atoms with Gasteiger partial charge in [-0.3, -0.25) is 9.69 Å². The van der Waals surface area contributed by atoms with Gasteiger partial charge >= 0.3 is 0 Å². The average molecular weight is 237 g/mol. The lowest BCUT2D eigenvalue weighted by Gasteiger charge is -2.31. The number of aromatic amines is 1. The number of carbonyl (C=O) groups excluding carboxylic acids is 1. The second kappa shape index (κ2) is 5.79. The summed E-state index contributed by atoms with van der Waals surface area (Å²) in [7, 11) is 0. The van der Waals surface area contributed by atoms with Gasteiger partial charge in [0.05, 0.1) is 24.6 Å². The number of nitrogens with zero attached hydrogens (tertiary/aromatic N) is 2. The third kappa shape index (κ3) is 3.28. The monoisotopic (exact) mass is 237 g/mol. The number of nitrogens with one attached hydrogen (secondary N) is 3. The zero-order chi connectivity index (χ0) is 12.1. The van der Waals surface area contributed by atoms with E-state index < -0.39 is 0 Å². The number of piperazine rings is 1. The highest BCUT2D eigenvalue weighted by Crippen LogP contribution is 2.01. The number of rotatable bonds is 4. The van der Waals surface area contributed by atoms with Crippen LogP contribution in [-0.2, 0) is 11.3 Å². The van der Waals surface area contributed by atoms with Gasteiger partial charge in [-0.2, -0.15) is 0 Å². The van der Waals surface area contributed by atoms with Crippen LogP contribution in [-0.4, -0.2) is 53.0 Å². The predicted octanol–water partition coefficient (Wildman–Crippen LogP) is -0.680. The van der Waals surface area contributed by atoms with Gasteiger partial charge in [-0.15, -0.1) is 0 Å². The standard InChI is InChI=1S/C11H19N5O/c1-9(16-4-2-12-3-5-16)11(17)14-7-10-6-13-8-15-10/h6,8-9,12H,2-5,7H2,1H3,(H,13,15)(H,14,17). The predicted molar refractivity (Wildman–Crippen MR) is 64.3 cm³/mol. The summed E-state index contributed by atoms with van der Waals surface area (Å²) in [5.74, 6) is 0.0708. The Hall–Kier alpha value is -1.40. The lowest BCUT2D eigenvalue weighted by Crippen LogP contribution is -2.52. The highest BCUT2D eigenvalue weighted by atomic mass is 16.2. The van der Waals surface area contributed by atoms with Gasteiger partial charge in [-0.1, -0.05) is 0 Å². The molecule has 1 aromatic heterocycles. The third-order valence-corrected chi connectivity index (χ3v) is 3.09. The van der Waals surface area contributed by atoms with E-state index in [0.29, 0.717) is 6.54 Å². The van der Waals surface area contributed by atoms with E-state index in [0.717, 1.165) is 31.9 Å². The first kappa shape index (κ1) is 12.1. The molecule has 0 bridgehead atoms. The Morgan fingerprint density at radius 2 is 2.35 bits per heavy atom. The van der Waals surface area contributed by atoms with E-state index in [-0.39, 0.29) is 11.9 Å². The van der Waals surface area contributed by atoms with Crippen LogP contribution in [0.3, 0.4) is 0 Å². The van der Waals surface area contributed by atoms with Crippen LogP contribution in [0.1, 0.15) is 12.6 Å². The highest BCUT2D eigenvalue weighted by Gasteiger charge is 2.22. The molecule has 3 N–H and O–H groups in total. The first-order valence-corrected chi connectivity index (χ1v) is 5.97. The molecule has 1 unspecified atom stereocenters. The Kier molecular flexibility index (Phi) is 4.11. The molecule has 1 aromatic rings. The Bertz CT molecular complexity index is 345. The van der Waals surface area contributed by atoms with Crippen molar-refractivity contribution in [2.45, 2.75) is 19.5 Å². The van der Waals surface area contributed by atoms with Gasteiger partial charge < -0.3 is 15.6 Å². The molecule has 1 amide bonds. The maximum absolute atomic E-state index is 11.9. The summed E-state index contributed by atoms with van der Waals surface area (Å²) >= 11 is 0. The Balaban J connectivity index is 1.78. The van der Waals surface area contributed by atoms with Gasteiger partial charge in [-0.25, -0.2) is 4.98 Å². The molecule has 1 fully saturated rings. The van der Waals surface area contributed by atoms with Crippen molar-refractivity contribution >= 4 is 5.91 Å². The van der Waals surface area contributed by atoms with Crippen LogP contribution in [0.2, 0.25) is 0 Å². The molecule has 2 rings (SSSR count). The lowest BCUT2D eigenvalue weighted by molar-refractivity contribution is -0.126. The molecule has 1 aliphatic heterocycles. The maximum atomic E-state index is 11.9. The number of carbonyl (C=O) groups is 1. The third-order valence-electron chi connectivity index (χ3n) is 3.09. The molecule has 0 radical (unpaired) electrons. The van der Waals surface area contributed by atoms with Crippen molar-refractivity contribution in [2.24, 2.45) is 0 Å². The van der Waals surface area contributed by atoms with E-state index >= 15 is 0 Å². The van der Waals surface area contributed by atoms with Crippen LogP contribution < -0.4 is 10.6 Å². The Morgan fingerprint density at radius 3 is 3.00 bits per heavy atom. The van der Waals surface area contributed by atoms with E-state index in [1.54, 1.807) is 12.5 Å². The van der Waals surface area contributed by atoms with Gasteiger partial charge in [0.2, 0.25) is 5.91 Å². The number of H-pyrrole nitrogens is 1. The summed E-state index contributed by atoms with van der Waals surface area (Å²) in [4.78, 5) is 21.0. The molecule has 0 spiro atoms. The first-order chi connectivity index (χ1) is 8.27. The minimum atomic E-state index is -0.0694.